The van der Waals surface area contributed by atoms with Crippen molar-refractivity contribution in [2.24, 2.45) is 0 Å². The number of thiazole rings is 1. The quantitative estimate of drug-likeness (QED) is 0.515. The van der Waals surface area contributed by atoms with Crippen molar-refractivity contribution in [3.8, 4) is 10.7 Å². The molecular weight excluding hydrogens is 422 g/mol. The number of amides is 1. The summed E-state index contributed by atoms with van der Waals surface area (Å²) in [6.45, 7) is 5.31. The average Bonchev–Trinajstić information content (AvgIpc) is 3.21. The standard InChI is InChI=1S/C23H23N7OS/c1-15-20(32-22(26-15)18-8-4-5-9-25-18)23(31)30-12-10-29(11-13-30)14-19-27-17-7-3-2-6-16(17)21(24)28-19/h2-9H,10-14H2,1H3,(H2,24,27,28). The highest BCUT2D eigenvalue weighted by atomic mass is 32.1. The number of rotatable bonds is 4. The number of nitrogens with zero attached hydrogens (tertiary/aromatic N) is 6. The van der Waals surface area contributed by atoms with Gasteiger partial charge >= 0.3 is 0 Å². The fourth-order valence-electron chi connectivity index (χ4n) is 3.87. The molecule has 0 saturated carbocycles. The number of para-hydroxylation sites is 1. The molecule has 0 aliphatic carbocycles. The van der Waals surface area contributed by atoms with E-state index in [0.29, 0.717) is 36.2 Å². The van der Waals surface area contributed by atoms with Crippen LogP contribution in [0, 0.1) is 6.92 Å². The number of carbonyl (C=O) groups excluding carboxylic acids is 1. The average molecular weight is 446 g/mol. The van der Waals surface area contributed by atoms with Crippen LogP contribution < -0.4 is 5.73 Å². The highest BCUT2D eigenvalue weighted by molar-refractivity contribution is 7.17. The fourth-order valence-corrected chi connectivity index (χ4v) is 4.88. The number of fused-ring (bicyclic) bond motifs is 1. The van der Waals surface area contributed by atoms with Gasteiger partial charge in [0.1, 0.15) is 21.5 Å². The first kappa shape index (κ1) is 20.5. The van der Waals surface area contributed by atoms with E-state index in [1.54, 1.807) is 6.20 Å². The molecule has 1 amide bonds. The van der Waals surface area contributed by atoms with E-state index in [4.69, 9.17) is 5.73 Å². The number of hydrogen-bond acceptors (Lipinski definition) is 8. The van der Waals surface area contributed by atoms with E-state index in [0.717, 1.165) is 40.4 Å². The van der Waals surface area contributed by atoms with Gasteiger partial charge in [0.25, 0.3) is 5.91 Å². The second kappa shape index (κ2) is 8.60. The lowest BCUT2D eigenvalue weighted by atomic mass is 10.2. The molecule has 1 aliphatic rings. The smallest absolute Gasteiger partial charge is 0.265 e. The van der Waals surface area contributed by atoms with Crippen molar-refractivity contribution >= 4 is 34.0 Å². The number of benzene rings is 1. The van der Waals surface area contributed by atoms with E-state index in [1.807, 2.05) is 54.3 Å². The third-order valence-corrected chi connectivity index (χ3v) is 6.75. The highest BCUT2D eigenvalue weighted by Gasteiger charge is 2.26. The molecule has 5 rings (SSSR count). The Kier molecular flexibility index (Phi) is 5.50. The summed E-state index contributed by atoms with van der Waals surface area (Å²) in [5.74, 6) is 1.25. The lowest BCUT2D eigenvalue weighted by Crippen LogP contribution is -2.48. The molecule has 4 aromatic rings. The van der Waals surface area contributed by atoms with Gasteiger partial charge in [0, 0.05) is 37.8 Å². The van der Waals surface area contributed by atoms with E-state index >= 15 is 0 Å². The van der Waals surface area contributed by atoms with Crippen LogP contribution >= 0.6 is 11.3 Å². The molecule has 8 nitrogen and oxygen atoms in total. The van der Waals surface area contributed by atoms with Crippen LogP contribution in [0.4, 0.5) is 5.82 Å². The normalized spacial score (nSPS) is 14.7. The summed E-state index contributed by atoms with van der Waals surface area (Å²) in [6, 6.07) is 13.5. The topological polar surface area (TPSA) is 101 Å². The summed E-state index contributed by atoms with van der Waals surface area (Å²) < 4.78 is 0. The first-order chi connectivity index (χ1) is 15.6. The fraction of sp³-hybridized carbons (Fsp3) is 0.261. The number of nitrogens with two attached hydrogens (primary N) is 1. The third kappa shape index (κ3) is 4.04. The maximum absolute atomic E-state index is 13.1. The number of aromatic nitrogens is 4. The monoisotopic (exact) mass is 445 g/mol. The molecule has 0 spiro atoms. The molecule has 1 saturated heterocycles. The molecule has 162 valence electrons. The SMILES string of the molecule is Cc1nc(-c2ccccn2)sc1C(=O)N1CCN(Cc2nc(N)c3ccccc3n2)CC1. The molecule has 1 fully saturated rings. The van der Waals surface area contributed by atoms with Gasteiger partial charge in [0.2, 0.25) is 0 Å². The number of hydrogen-bond donors (Lipinski definition) is 1. The summed E-state index contributed by atoms with van der Waals surface area (Å²) in [7, 11) is 0. The first-order valence-corrected chi connectivity index (χ1v) is 11.3. The van der Waals surface area contributed by atoms with Crippen LogP contribution in [-0.4, -0.2) is 61.8 Å². The number of pyridine rings is 1. The first-order valence-electron chi connectivity index (χ1n) is 10.5. The van der Waals surface area contributed by atoms with Gasteiger partial charge in [0.15, 0.2) is 0 Å². The van der Waals surface area contributed by atoms with Gasteiger partial charge in [-0.05, 0) is 31.2 Å². The summed E-state index contributed by atoms with van der Waals surface area (Å²) in [4.78, 5) is 36.0. The number of piperazine rings is 1. The summed E-state index contributed by atoms with van der Waals surface area (Å²) in [5, 5.41) is 1.65. The minimum absolute atomic E-state index is 0.0352. The second-order valence-corrected chi connectivity index (χ2v) is 8.76. The molecular formula is C23H23N7OS. The van der Waals surface area contributed by atoms with Crippen molar-refractivity contribution in [2.45, 2.75) is 13.5 Å². The van der Waals surface area contributed by atoms with Crippen LogP contribution in [0.25, 0.3) is 21.6 Å². The summed E-state index contributed by atoms with van der Waals surface area (Å²) >= 11 is 1.41. The molecule has 3 aromatic heterocycles. The molecule has 0 atom stereocenters. The lowest BCUT2D eigenvalue weighted by molar-refractivity contribution is 0.0629. The Morgan fingerprint density at radius 3 is 2.59 bits per heavy atom. The molecule has 1 aromatic carbocycles. The van der Waals surface area contributed by atoms with Gasteiger partial charge in [0.05, 0.1) is 23.4 Å². The highest BCUT2D eigenvalue weighted by Crippen LogP contribution is 2.28. The Balaban J connectivity index is 1.24. The van der Waals surface area contributed by atoms with E-state index in [1.165, 1.54) is 11.3 Å². The van der Waals surface area contributed by atoms with Crippen LogP contribution in [0.1, 0.15) is 21.2 Å². The molecule has 0 unspecified atom stereocenters. The van der Waals surface area contributed by atoms with Crippen molar-refractivity contribution in [3.05, 3.63) is 65.1 Å². The zero-order valence-corrected chi connectivity index (χ0v) is 18.5. The Bertz CT molecular complexity index is 1270. The maximum atomic E-state index is 13.1. The zero-order chi connectivity index (χ0) is 22.1. The summed E-state index contributed by atoms with van der Waals surface area (Å²) in [6.07, 6.45) is 1.74. The van der Waals surface area contributed by atoms with Crippen LogP contribution in [0.15, 0.2) is 48.7 Å². The third-order valence-electron chi connectivity index (χ3n) is 5.58. The molecule has 9 heteroatoms. The molecule has 0 bridgehead atoms. The van der Waals surface area contributed by atoms with E-state index < -0.39 is 0 Å². The van der Waals surface area contributed by atoms with Gasteiger partial charge in [-0.3, -0.25) is 14.7 Å². The van der Waals surface area contributed by atoms with Crippen LogP contribution in [0.5, 0.6) is 0 Å². The van der Waals surface area contributed by atoms with E-state index in [2.05, 4.69) is 24.8 Å². The van der Waals surface area contributed by atoms with E-state index in [-0.39, 0.29) is 5.91 Å². The molecule has 32 heavy (non-hydrogen) atoms. The Morgan fingerprint density at radius 2 is 1.81 bits per heavy atom. The van der Waals surface area contributed by atoms with Gasteiger partial charge in [-0.25, -0.2) is 15.0 Å². The maximum Gasteiger partial charge on any atom is 0.265 e. The number of nitrogen functional groups attached to an aromatic ring is 1. The van der Waals surface area contributed by atoms with Crippen molar-refractivity contribution in [1.82, 2.24) is 29.7 Å². The number of carbonyl (C=O) groups is 1. The zero-order valence-electron chi connectivity index (χ0n) is 17.7. The van der Waals surface area contributed by atoms with Gasteiger partial charge in [-0.1, -0.05) is 18.2 Å². The van der Waals surface area contributed by atoms with Gasteiger partial charge < -0.3 is 10.6 Å². The van der Waals surface area contributed by atoms with Gasteiger partial charge in [-0.2, -0.15) is 0 Å². The lowest BCUT2D eigenvalue weighted by Gasteiger charge is -2.34. The summed E-state index contributed by atoms with van der Waals surface area (Å²) in [5.41, 5.74) is 8.51. The van der Waals surface area contributed by atoms with Crippen molar-refractivity contribution in [2.75, 3.05) is 31.9 Å². The minimum atomic E-state index is 0.0352. The predicted molar refractivity (Wildman–Crippen MR) is 125 cm³/mol. The Morgan fingerprint density at radius 1 is 1.03 bits per heavy atom. The second-order valence-electron chi connectivity index (χ2n) is 7.76. The number of anilines is 1. The predicted octanol–water partition coefficient (Wildman–Crippen LogP) is 3.00. The van der Waals surface area contributed by atoms with Crippen molar-refractivity contribution in [3.63, 3.8) is 0 Å². The molecule has 1 aliphatic heterocycles. The minimum Gasteiger partial charge on any atom is -0.383 e. The van der Waals surface area contributed by atoms with Gasteiger partial charge in [-0.15, -0.1) is 11.3 Å². The Labute approximate surface area is 189 Å². The van der Waals surface area contributed by atoms with Crippen LogP contribution in [-0.2, 0) is 6.54 Å². The van der Waals surface area contributed by atoms with E-state index in [9.17, 15) is 4.79 Å². The van der Waals surface area contributed by atoms with Crippen molar-refractivity contribution < 1.29 is 4.79 Å². The van der Waals surface area contributed by atoms with Crippen LogP contribution in [0.2, 0.25) is 0 Å². The molecule has 2 N–H and O–H groups in total. The van der Waals surface area contributed by atoms with Crippen LogP contribution in [0.3, 0.4) is 0 Å². The van der Waals surface area contributed by atoms with Crippen molar-refractivity contribution in [1.29, 1.82) is 0 Å². The molecule has 0 radical (unpaired) electrons. The molecule has 4 heterocycles. The Hall–Kier alpha value is -3.43. The largest absolute Gasteiger partial charge is 0.383 e. The number of aryl methyl sites for hydroxylation is 1.